The van der Waals surface area contributed by atoms with Crippen LogP contribution in [0.25, 0.3) is 0 Å². The van der Waals surface area contributed by atoms with Crippen LogP contribution in [0.3, 0.4) is 0 Å². The van der Waals surface area contributed by atoms with Gasteiger partial charge in [0, 0.05) is 12.6 Å². The third-order valence-electron chi connectivity index (χ3n) is 3.78. The van der Waals surface area contributed by atoms with Crippen LogP contribution in [0.1, 0.15) is 50.2 Å². The Labute approximate surface area is 112 Å². The molecule has 0 bridgehead atoms. The summed E-state index contributed by atoms with van der Waals surface area (Å²) >= 11 is 0. The Morgan fingerprint density at radius 1 is 1.11 bits per heavy atom. The van der Waals surface area contributed by atoms with Crippen molar-refractivity contribution in [2.24, 2.45) is 0 Å². The number of benzene rings is 1. The fourth-order valence-electron chi connectivity index (χ4n) is 2.60. The monoisotopic (exact) mass is 269 g/mol. The van der Waals surface area contributed by atoms with Gasteiger partial charge in [-0.05, 0) is 30.5 Å². The van der Waals surface area contributed by atoms with E-state index in [2.05, 4.69) is 5.32 Å². The summed E-state index contributed by atoms with van der Waals surface area (Å²) in [6, 6.07) is 3.98. The highest BCUT2D eigenvalue weighted by molar-refractivity contribution is 5.20. The molecule has 0 radical (unpaired) electrons. The highest BCUT2D eigenvalue weighted by Crippen LogP contribution is 2.19. The lowest BCUT2D eigenvalue weighted by molar-refractivity contribution is 0.167. The van der Waals surface area contributed by atoms with E-state index in [0.29, 0.717) is 18.2 Å². The van der Waals surface area contributed by atoms with Gasteiger partial charge in [0.2, 0.25) is 0 Å². The van der Waals surface area contributed by atoms with E-state index in [1.165, 1.54) is 31.7 Å². The molecule has 0 unspecified atom stereocenters. The van der Waals surface area contributed by atoms with Crippen molar-refractivity contribution in [3.8, 4) is 0 Å². The smallest absolute Gasteiger partial charge is 0.159 e. The first-order valence-corrected chi connectivity index (χ1v) is 7.03. The molecule has 106 valence electrons. The zero-order valence-electron chi connectivity index (χ0n) is 11.0. The van der Waals surface area contributed by atoms with Gasteiger partial charge in [0.1, 0.15) is 0 Å². The summed E-state index contributed by atoms with van der Waals surface area (Å²) in [6.45, 7) is 0.385. The summed E-state index contributed by atoms with van der Waals surface area (Å²) in [7, 11) is 0. The van der Waals surface area contributed by atoms with Crippen molar-refractivity contribution in [2.75, 3.05) is 6.54 Å². The molecule has 2 N–H and O–H groups in total. The molecule has 1 aromatic rings. The van der Waals surface area contributed by atoms with E-state index >= 15 is 0 Å². The van der Waals surface area contributed by atoms with Crippen LogP contribution < -0.4 is 5.32 Å². The maximum Gasteiger partial charge on any atom is 0.159 e. The number of aliphatic hydroxyl groups excluding tert-OH is 1. The van der Waals surface area contributed by atoms with E-state index in [1.54, 1.807) is 0 Å². The fourth-order valence-corrected chi connectivity index (χ4v) is 2.60. The lowest BCUT2D eigenvalue weighted by Crippen LogP contribution is -2.32. The molecule has 0 aliphatic heterocycles. The molecule has 0 saturated heterocycles. The normalized spacial score (nSPS) is 19.1. The molecule has 19 heavy (non-hydrogen) atoms. The van der Waals surface area contributed by atoms with Crippen molar-refractivity contribution < 1.29 is 13.9 Å². The lowest BCUT2D eigenvalue weighted by Gasteiger charge is -2.19. The summed E-state index contributed by atoms with van der Waals surface area (Å²) in [6.07, 6.45) is 6.47. The molecular weight excluding hydrogens is 248 g/mol. The summed E-state index contributed by atoms with van der Waals surface area (Å²) in [4.78, 5) is 0. The Bertz CT molecular complexity index is 403. The summed E-state index contributed by atoms with van der Waals surface area (Å²) in [5.41, 5.74) is 0.417. The summed E-state index contributed by atoms with van der Waals surface area (Å²) in [5.74, 6) is -1.79. The van der Waals surface area contributed by atoms with Crippen LogP contribution >= 0.6 is 0 Å². The molecule has 1 fully saturated rings. The van der Waals surface area contributed by atoms with Crippen molar-refractivity contribution in [1.29, 1.82) is 0 Å². The second-order valence-corrected chi connectivity index (χ2v) is 5.29. The molecule has 2 rings (SSSR count). The summed E-state index contributed by atoms with van der Waals surface area (Å²) < 4.78 is 25.9. The average molecular weight is 269 g/mol. The first-order valence-electron chi connectivity index (χ1n) is 7.03. The van der Waals surface area contributed by atoms with Gasteiger partial charge >= 0.3 is 0 Å². The maximum atomic E-state index is 13.1. The van der Waals surface area contributed by atoms with Crippen LogP contribution in [0, 0.1) is 11.6 Å². The van der Waals surface area contributed by atoms with Gasteiger partial charge in [0.15, 0.2) is 11.6 Å². The molecular formula is C15H21F2NO. The lowest BCUT2D eigenvalue weighted by atomic mass is 10.1. The molecule has 1 saturated carbocycles. The van der Waals surface area contributed by atoms with E-state index in [0.717, 1.165) is 25.0 Å². The SMILES string of the molecule is O[C@H](CNC1CCCCCC1)c1ccc(F)c(F)c1. The third kappa shape index (κ3) is 4.25. The van der Waals surface area contributed by atoms with Gasteiger partial charge in [-0.2, -0.15) is 0 Å². The van der Waals surface area contributed by atoms with Crippen LogP contribution in [-0.4, -0.2) is 17.7 Å². The van der Waals surface area contributed by atoms with E-state index in [1.807, 2.05) is 0 Å². The van der Waals surface area contributed by atoms with Crippen molar-refractivity contribution in [3.05, 3.63) is 35.4 Å². The second-order valence-electron chi connectivity index (χ2n) is 5.29. The van der Waals surface area contributed by atoms with Crippen LogP contribution in [0.4, 0.5) is 8.78 Å². The molecule has 1 aliphatic carbocycles. The molecule has 0 spiro atoms. The highest BCUT2D eigenvalue weighted by Gasteiger charge is 2.15. The minimum absolute atomic E-state index is 0.385. The van der Waals surface area contributed by atoms with Gasteiger partial charge < -0.3 is 10.4 Å². The standard InChI is InChI=1S/C15H21F2NO/c16-13-8-7-11(9-14(13)17)15(19)10-18-12-5-3-1-2-4-6-12/h7-9,12,15,18-19H,1-6,10H2/t15-/m1/s1. The zero-order valence-corrected chi connectivity index (χ0v) is 11.0. The van der Waals surface area contributed by atoms with Crippen molar-refractivity contribution >= 4 is 0 Å². The molecule has 0 aromatic heterocycles. The number of nitrogens with one attached hydrogen (secondary N) is 1. The topological polar surface area (TPSA) is 32.3 Å². The average Bonchev–Trinajstić information content (AvgIpc) is 2.67. The van der Waals surface area contributed by atoms with Crippen LogP contribution in [0.2, 0.25) is 0 Å². The molecule has 1 atom stereocenters. The van der Waals surface area contributed by atoms with Gasteiger partial charge in [-0.25, -0.2) is 8.78 Å². The largest absolute Gasteiger partial charge is 0.387 e. The van der Waals surface area contributed by atoms with E-state index in [-0.39, 0.29) is 0 Å². The van der Waals surface area contributed by atoms with Gasteiger partial charge in [-0.3, -0.25) is 0 Å². The minimum Gasteiger partial charge on any atom is -0.387 e. The van der Waals surface area contributed by atoms with Crippen molar-refractivity contribution in [3.63, 3.8) is 0 Å². The first-order chi connectivity index (χ1) is 9.16. The molecule has 4 heteroatoms. The Balaban J connectivity index is 1.85. The molecule has 0 heterocycles. The van der Waals surface area contributed by atoms with E-state index in [9.17, 15) is 13.9 Å². The number of hydrogen-bond acceptors (Lipinski definition) is 2. The maximum absolute atomic E-state index is 13.1. The number of rotatable bonds is 4. The number of halogens is 2. The zero-order chi connectivity index (χ0) is 13.7. The van der Waals surface area contributed by atoms with Crippen molar-refractivity contribution in [1.82, 2.24) is 5.32 Å². The van der Waals surface area contributed by atoms with Gasteiger partial charge in [0.25, 0.3) is 0 Å². The Kier molecular flexibility index (Phi) is 5.28. The molecule has 1 aromatic carbocycles. The van der Waals surface area contributed by atoms with Gasteiger partial charge in [-0.1, -0.05) is 31.7 Å². The Hall–Kier alpha value is -1.00. The highest BCUT2D eigenvalue weighted by atomic mass is 19.2. The predicted octanol–water partition coefficient (Wildman–Crippen LogP) is 3.31. The molecule has 2 nitrogen and oxygen atoms in total. The number of aliphatic hydroxyl groups is 1. The quantitative estimate of drug-likeness (QED) is 0.822. The van der Waals surface area contributed by atoms with E-state index in [4.69, 9.17) is 0 Å². The van der Waals surface area contributed by atoms with Gasteiger partial charge in [0.05, 0.1) is 6.10 Å². The Morgan fingerprint density at radius 3 is 2.42 bits per heavy atom. The second kappa shape index (κ2) is 6.96. The van der Waals surface area contributed by atoms with Crippen molar-refractivity contribution in [2.45, 2.75) is 50.7 Å². The van der Waals surface area contributed by atoms with Crippen LogP contribution in [0.5, 0.6) is 0 Å². The molecule has 0 amide bonds. The molecule has 1 aliphatic rings. The van der Waals surface area contributed by atoms with E-state index < -0.39 is 17.7 Å². The van der Waals surface area contributed by atoms with Gasteiger partial charge in [-0.15, -0.1) is 0 Å². The minimum atomic E-state index is -0.911. The first kappa shape index (κ1) is 14.4. The van der Waals surface area contributed by atoms with Crippen LogP contribution in [-0.2, 0) is 0 Å². The summed E-state index contributed by atoms with van der Waals surface area (Å²) in [5, 5.41) is 13.3. The third-order valence-corrected chi connectivity index (χ3v) is 3.78. The predicted molar refractivity (Wildman–Crippen MR) is 70.8 cm³/mol. The van der Waals surface area contributed by atoms with Crippen LogP contribution in [0.15, 0.2) is 18.2 Å². The Morgan fingerprint density at radius 2 is 1.79 bits per heavy atom. The number of hydrogen-bond donors (Lipinski definition) is 2. The fraction of sp³-hybridized carbons (Fsp3) is 0.600.